The molecule has 0 bridgehead atoms. The first-order valence-corrected chi connectivity index (χ1v) is 16.9. The average molecular weight is 500 g/mol. The molecule has 2 aliphatic carbocycles. The van der Waals surface area contributed by atoms with E-state index in [9.17, 15) is 0 Å². The van der Waals surface area contributed by atoms with Gasteiger partial charge in [-0.1, -0.05) is 0 Å². The molecule has 2 aromatic rings. The Morgan fingerprint density at radius 3 is 1.24 bits per heavy atom. The van der Waals surface area contributed by atoms with E-state index < -0.39 is 21.1 Å². The van der Waals surface area contributed by atoms with Crippen molar-refractivity contribution in [2.75, 3.05) is 12.5 Å². The van der Waals surface area contributed by atoms with Crippen LogP contribution in [-0.2, 0) is 21.1 Å². The third kappa shape index (κ3) is 4.68. The molecule has 0 aromatic heterocycles. The Labute approximate surface area is 187 Å². The number of benzene rings is 2. The topological polar surface area (TPSA) is 18.5 Å². The molecule has 0 amide bonds. The van der Waals surface area contributed by atoms with Gasteiger partial charge in [-0.25, -0.2) is 0 Å². The second kappa shape index (κ2) is 9.59. The molecule has 0 N–H and O–H groups in total. The fourth-order valence-electron chi connectivity index (χ4n) is 3.57. The van der Waals surface area contributed by atoms with Crippen molar-refractivity contribution in [1.29, 1.82) is 0 Å². The third-order valence-electron chi connectivity index (χ3n) is 5.10. The molecule has 5 heteroatoms. The molecule has 2 aromatic carbocycles. The molecule has 0 unspecified atom stereocenters. The molecule has 0 saturated carbocycles. The Kier molecular flexibility index (Phi) is 6.89. The summed E-state index contributed by atoms with van der Waals surface area (Å²) in [6.45, 7) is 0. The molecule has 0 aliphatic heterocycles. The quantitative estimate of drug-likeness (QED) is 0.352. The molecule has 2 aliphatic rings. The standard InChI is InChI=1S/2C7H8OS.2C5H5.Zr/c2*1-9-7-4-2-6(8)3-5-7;2*1-2-4-5-3-1;/h2*2-5,8H,1H3;2*1-5H;/q;;;;+2/p-2. The number of rotatable bonds is 8. The normalized spacial score (nSPS) is 16.1. The van der Waals surface area contributed by atoms with Crippen molar-refractivity contribution in [2.24, 2.45) is 0 Å². The fourth-order valence-corrected chi connectivity index (χ4v) is 13.1. The maximum absolute atomic E-state index is 6.90. The van der Waals surface area contributed by atoms with Gasteiger partial charge < -0.3 is 0 Å². The number of allylic oxidation sites excluding steroid dienone is 8. The Morgan fingerprint density at radius 1 is 0.586 bits per heavy atom. The van der Waals surface area contributed by atoms with Crippen LogP contribution in [0.3, 0.4) is 0 Å². The monoisotopic (exact) mass is 498 g/mol. The molecule has 0 saturated heterocycles. The van der Waals surface area contributed by atoms with Gasteiger partial charge in [0.1, 0.15) is 0 Å². The van der Waals surface area contributed by atoms with Crippen LogP contribution in [0.15, 0.2) is 107 Å². The molecule has 29 heavy (non-hydrogen) atoms. The molecule has 148 valence electrons. The van der Waals surface area contributed by atoms with Gasteiger partial charge in [0.05, 0.1) is 0 Å². The van der Waals surface area contributed by atoms with E-state index in [0.29, 0.717) is 0 Å². The molecule has 0 heterocycles. The third-order valence-corrected chi connectivity index (χ3v) is 15.8. The Balaban J connectivity index is 1.74. The predicted molar refractivity (Wildman–Crippen MR) is 122 cm³/mol. The van der Waals surface area contributed by atoms with Crippen LogP contribution in [0, 0.1) is 0 Å². The fraction of sp³-hybridized carbons (Fsp3) is 0.167. The average Bonchev–Trinajstić information content (AvgIpc) is 3.49. The van der Waals surface area contributed by atoms with Crippen LogP contribution in [0.4, 0.5) is 0 Å². The zero-order valence-corrected chi connectivity index (χ0v) is 20.6. The van der Waals surface area contributed by atoms with E-state index in [1.54, 1.807) is 23.5 Å². The van der Waals surface area contributed by atoms with Crippen molar-refractivity contribution < 1.29 is 26.8 Å². The van der Waals surface area contributed by atoms with Gasteiger partial charge in [-0.15, -0.1) is 0 Å². The van der Waals surface area contributed by atoms with Crippen LogP contribution in [0.5, 0.6) is 11.5 Å². The van der Waals surface area contributed by atoms with Gasteiger partial charge in [0, 0.05) is 0 Å². The summed E-state index contributed by atoms with van der Waals surface area (Å²) in [6, 6.07) is 16.7. The molecule has 2 nitrogen and oxygen atoms in total. The van der Waals surface area contributed by atoms with E-state index in [2.05, 4.69) is 110 Å². The molecule has 4 rings (SSSR count). The minimum atomic E-state index is -3.81. The zero-order valence-electron chi connectivity index (χ0n) is 16.5. The van der Waals surface area contributed by atoms with E-state index in [1.807, 2.05) is 0 Å². The summed E-state index contributed by atoms with van der Waals surface area (Å²) in [5, 5.41) is 0. The molecule has 0 fully saturated rings. The van der Waals surface area contributed by atoms with E-state index >= 15 is 0 Å². The first kappa shape index (κ1) is 20.8. The Morgan fingerprint density at radius 2 is 0.931 bits per heavy atom. The predicted octanol–water partition coefficient (Wildman–Crippen LogP) is 7.40. The summed E-state index contributed by atoms with van der Waals surface area (Å²) < 4.78 is 14.2. The number of hydrogen-bond acceptors (Lipinski definition) is 4. The van der Waals surface area contributed by atoms with Crippen molar-refractivity contribution in [2.45, 2.75) is 17.0 Å². The van der Waals surface area contributed by atoms with Crippen molar-refractivity contribution in [3.05, 3.63) is 97.1 Å². The van der Waals surface area contributed by atoms with Crippen LogP contribution in [0.25, 0.3) is 0 Å². The van der Waals surface area contributed by atoms with Crippen molar-refractivity contribution >= 4 is 23.5 Å². The summed E-state index contributed by atoms with van der Waals surface area (Å²) in [5.74, 6) is 1.78. The van der Waals surface area contributed by atoms with E-state index in [4.69, 9.17) is 5.63 Å². The van der Waals surface area contributed by atoms with Gasteiger partial charge in [0.15, 0.2) is 0 Å². The van der Waals surface area contributed by atoms with Crippen LogP contribution in [-0.4, -0.2) is 12.5 Å². The van der Waals surface area contributed by atoms with Crippen LogP contribution < -0.4 is 5.63 Å². The van der Waals surface area contributed by atoms with E-state index in [-0.39, 0.29) is 7.25 Å². The summed E-state index contributed by atoms with van der Waals surface area (Å²) in [4.78, 5) is 2.46. The van der Waals surface area contributed by atoms with Gasteiger partial charge in [0.25, 0.3) is 0 Å². The molecule has 0 spiro atoms. The zero-order chi connectivity index (χ0) is 20.1. The molecular formula is C24H24O2S2Zr. The first-order chi connectivity index (χ1) is 14.2. The minimum absolute atomic E-state index is 0.196. The van der Waals surface area contributed by atoms with Crippen molar-refractivity contribution in [3.8, 4) is 11.5 Å². The van der Waals surface area contributed by atoms with E-state index in [1.165, 1.54) is 9.79 Å². The summed E-state index contributed by atoms with van der Waals surface area (Å²) in [5.41, 5.74) is 0. The number of thioether (sulfide) groups is 2. The number of hydrogen-bond donors (Lipinski definition) is 0. The second-order valence-electron chi connectivity index (χ2n) is 6.87. The van der Waals surface area contributed by atoms with Gasteiger partial charge in [-0.2, -0.15) is 0 Å². The van der Waals surface area contributed by atoms with Crippen molar-refractivity contribution in [1.82, 2.24) is 0 Å². The second-order valence-corrected chi connectivity index (χ2v) is 16.5. The van der Waals surface area contributed by atoms with E-state index in [0.717, 1.165) is 11.5 Å². The summed E-state index contributed by atoms with van der Waals surface area (Å²) >= 11 is -0.338. The SMILES string of the molecule is CSc1ccc([O][Zr]([O]c2ccc(SC)cc2)([CH]2C=CC=C2)[CH]2C=CC=C2)cc1. The van der Waals surface area contributed by atoms with Gasteiger partial charge in [0.2, 0.25) is 0 Å². The van der Waals surface area contributed by atoms with Crippen molar-refractivity contribution in [3.63, 3.8) is 0 Å². The first-order valence-electron chi connectivity index (χ1n) is 9.59. The van der Waals surface area contributed by atoms with Gasteiger partial charge in [-0.3, -0.25) is 0 Å². The summed E-state index contributed by atoms with van der Waals surface area (Å²) in [6.07, 6.45) is 21.6. The Bertz CT molecular complexity index is 842. The molecular weight excluding hydrogens is 476 g/mol. The van der Waals surface area contributed by atoms with Crippen LogP contribution >= 0.6 is 23.5 Å². The van der Waals surface area contributed by atoms with Gasteiger partial charge >= 0.3 is 188 Å². The maximum atomic E-state index is 6.90. The molecule has 0 atom stereocenters. The van der Waals surface area contributed by atoms with Crippen LogP contribution in [0.2, 0.25) is 7.25 Å². The molecule has 0 radical (unpaired) electrons. The van der Waals surface area contributed by atoms with Crippen LogP contribution in [0.1, 0.15) is 0 Å². The Hall–Kier alpha value is -1.42. The summed E-state index contributed by atoms with van der Waals surface area (Å²) in [7, 11) is 0. The van der Waals surface area contributed by atoms with Gasteiger partial charge in [-0.05, 0) is 0 Å².